The topological polar surface area (TPSA) is 49.9 Å². The molecule has 0 unspecified atom stereocenters. The maximum Gasteiger partial charge on any atom is 0.238 e. The predicted octanol–water partition coefficient (Wildman–Crippen LogP) is 2.55. The van der Waals surface area contributed by atoms with Crippen molar-refractivity contribution in [1.82, 2.24) is 0 Å². The average molecular weight is 345 g/mol. The van der Waals surface area contributed by atoms with Crippen molar-refractivity contribution < 1.29 is 14.3 Å². The van der Waals surface area contributed by atoms with E-state index in [-0.39, 0.29) is 52.1 Å². The first-order valence-electron chi connectivity index (χ1n) is 9.98. The molecule has 2 heterocycles. The van der Waals surface area contributed by atoms with Crippen LogP contribution in [0.15, 0.2) is 42.5 Å². The van der Waals surface area contributed by atoms with Gasteiger partial charge in [-0.05, 0) is 36.8 Å². The predicted molar refractivity (Wildman–Crippen MR) is 91.8 cm³/mol. The molecule has 8 rings (SSSR count). The molecule has 1 spiro atoms. The summed E-state index contributed by atoms with van der Waals surface area (Å²) in [6.07, 6.45) is 8.24. The minimum Gasteiger partial charge on any atom is -0.361 e. The molecule has 6 fully saturated rings. The van der Waals surface area contributed by atoms with Gasteiger partial charge < -0.3 is 4.74 Å². The van der Waals surface area contributed by atoms with E-state index in [1.54, 1.807) is 0 Å². The van der Waals surface area contributed by atoms with E-state index < -0.39 is 0 Å². The third-order valence-electron chi connectivity index (χ3n) is 9.21. The molecule has 130 valence electrons. The lowest BCUT2D eigenvalue weighted by Crippen LogP contribution is -2.45. The zero-order valence-electron chi connectivity index (χ0n) is 14.3. The number of anilines is 1. The van der Waals surface area contributed by atoms with Crippen molar-refractivity contribution in [2.75, 3.05) is 4.90 Å². The van der Waals surface area contributed by atoms with Crippen LogP contribution < -0.4 is 4.90 Å². The molecule has 0 radical (unpaired) electrons. The van der Waals surface area contributed by atoms with Gasteiger partial charge in [0.2, 0.25) is 11.8 Å². The van der Waals surface area contributed by atoms with Gasteiger partial charge in [0.05, 0.1) is 17.5 Å². The minimum atomic E-state index is -0.154. The number of imide groups is 1. The molecule has 0 N–H and O–H groups in total. The first kappa shape index (κ1) is 13.3. The largest absolute Gasteiger partial charge is 0.361 e. The summed E-state index contributed by atoms with van der Waals surface area (Å²) in [7, 11) is 0. The number of amides is 2. The Bertz CT molecular complexity index is 913. The molecule has 26 heavy (non-hydrogen) atoms. The van der Waals surface area contributed by atoms with Gasteiger partial charge in [0.15, 0.2) is 0 Å². The summed E-state index contributed by atoms with van der Waals surface area (Å²) in [5.74, 6) is 1.22. The molecule has 4 saturated carbocycles. The molecule has 7 aliphatic rings. The smallest absolute Gasteiger partial charge is 0.238 e. The van der Waals surface area contributed by atoms with E-state index in [0.29, 0.717) is 11.8 Å². The molecular formula is C22H19NO3. The summed E-state index contributed by atoms with van der Waals surface area (Å²) in [4.78, 5) is 28.5. The van der Waals surface area contributed by atoms with E-state index in [1.165, 1.54) is 24.2 Å². The van der Waals surface area contributed by atoms with Crippen LogP contribution in [-0.4, -0.2) is 23.0 Å². The Morgan fingerprint density at radius 3 is 2.00 bits per heavy atom. The number of nitrogens with zero attached hydrogens (tertiary/aromatic N) is 1. The highest BCUT2D eigenvalue weighted by atomic mass is 16.6. The maximum absolute atomic E-state index is 13.5. The molecular weight excluding hydrogens is 326 g/mol. The number of carbonyl (C=O) groups excluding carboxylic acids is 2. The Morgan fingerprint density at radius 2 is 1.46 bits per heavy atom. The fourth-order valence-electron chi connectivity index (χ4n) is 8.70. The van der Waals surface area contributed by atoms with Gasteiger partial charge >= 0.3 is 0 Å². The lowest BCUT2D eigenvalue weighted by atomic mass is 9.65. The Hall–Kier alpha value is -1.94. The summed E-state index contributed by atoms with van der Waals surface area (Å²) in [6, 6.07) is 9.49. The molecule has 8 atom stereocenters. The Kier molecular flexibility index (Phi) is 1.76. The third kappa shape index (κ3) is 0.958. The minimum absolute atomic E-state index is 0.0372. The molecule has 4 heteroatoms. The average Bonchev–Trinajstić information content (AvgIpc) is 3.37. The quantitative estimate of drug-likeness (QED) is 0.446. The molecule has 5 aliphatic carbocycles. The number of hydrogen-bond donors (Lipinski definition) is 0. The Morgan fingerprint density at radius 1 is 0.885 bits per heavy atom. The summed E-state index contributed by atoms with van der Waals surface area (Å²) < 4.78 is 6.60. The maximum atomic E-state index is 13.5. The van der Waals surface area contributed by atoms with Crippen LogP contribution in [0.4, 0.5) is 5.69 Å². The van der Waals surface area contributed by atoms with Gasteiger partial charge in [-0.25, -0.2) is 0 Å². The molecule has 4 bridgehead atoms. The number of rotatable bonds is 1. The van der Waals surface area contributed by atoms with E-state index in [9.17, 15) is 9.59 Å². The molecule has 4 nitrogen and oxygen atoms in total. The normalized spacial score (nSPS) is 54.8. The highest BCUT2D eigenvalue weighted by Gasteiger charge is 3.01. The Balaban J connectivity index is 1.33. The number of epoxide rings is 1. The molecule has 1 aromatic carbocycles. The van der Waals surface area contributed by atoms with Gasteiger partial charge in [0, 0.05) is 23.7 Å². The fraction of sp³-hybridized carbons (Fsp3) is 0.545. The zero-order chi connectivity index (χ0) is 17.1. The van der Waals surface area contributed by atoms with Crippen LogP contribution >= 0.6 is 0 Å². The van der Waals surface area contributed by atoms with Crippen LogP contribution in [0.5, 0.6) is 0 Å². The van der Waals surface area contributed by atoms with Crippen molar-refractivity contribution in [3.05, 3.63) is 42.5 Å². The van der Waals surface area contributed by atoms with Gasteiger partial charge in [-0.15, -0.1) is 0 Å². The van der Waals surface area contributed by atoms with Crippen LogP contribution in [0.25, 0.3) is 0 Å². The Labute approximate surface area is 151 Å². The number of para-hydroxylation sites is 1. The van der Waals surface area contributed by atoms with Crippen molar-refractivity contribution in [2.24, 2.45) is 40.9 Å². The highest BCUT2D eigenvalue weighted by Crippen LogP contribution is 2.93. The van der Waals surface area contributed by atoms with Crippen LogP contribution in [0.3, 0.4) is 0 Å². The summed E-state index contributed by atoms with van der Waals surface area (Å²) in [5.41, 5.74) is 0.733. The lowest BCUT2D eigenvalue weighted by molar-refractivity contribution is -0.125. The van der Waals surface area contributed by atoms with Crippen molar-refractivity contribution in [3.63, 3.8) is 0 Å². The van der Waals surface area contributed by atoms with Gasteiger partial charge in [-0.3, -0.25) is 14.5 Å². The second-order valence-electron chi connectivity index (χ2n) is 9.61. The van der Waals surface area contributed by atoms with Crippen LogP contribution in [0, 0.1) is 40.9 Å². The SMILES string of the molecule is O=C1[C@@H]2[C@H](C(=O)N1c1ccccc1)[C@H]1C3(CC3)[C@H]2[C@@]23O[C@]12[C@H]1C=C[C@H]3C1. The van der Waals surface area contributed by atoms with Crippen molar-refractivity contribution in [1.29, 1.82) is 0 Å². The standard InChI is InChI=1S/C22H19NO3/c24-18-14-15(19(25)23(18)13-4-2-1-3-5-13)17-20(8-9-20)16(14)21-11-6-7-12(10-11)22(17,21)26-21/h1-7,11-12,14-17H,8-10H2/t11-,12-,14-,15+,16-,17-,21+,22+/m0/s1. The number of benzene rings is 1. The summed E-state index contributed by atoms with van der Waals surface area (Å²) in [6.45, 7) is 0. The van der Waals surface area contributed by atoms with Crippen molar-refractivity contribution in [2.45, 2.75) is 30.5 Å². The van der Waals surface area contributed by atoms with E-state index in [4.69, 9.17) is 4.74 Å². The number of ether oxygens (including phenoxy) is 1. The van der Waals surface area contributed by atoms with E-state index in [0.717, 1.165) is 5.69 Å². The molecule has 0 aromatic heterocycles. The summed E-state index contributed by atoms with van der Waals surface area (Å²) in [5, 5.41) is 0. The second kappa shape index (κ2) is 3.45. The van der Waals surface area contributed by atoms with Gasteiger partial charge in [-0.2, -0.15) is 0 Å². The third-order valence-corrected chi connectivity index (χ3v) is 9.21. The number of carbonyl (C=O) groups is 2. The number of hydrogen-bond acceptors (Lipinski definition) is 3. The highest BCUT2D eigenvalue weighted by molar-refractivity contribution is 6.23. The van der Waals surface area contributed by atoms with E-state index in [2.05, 4.69) is 12.2 Å². The molecule has 1 aromatic rings. The summed E-state index contributed by atoms with van der Waals surface area (Å²) >= 11 is 0. The fourth-order valence-corrected chi connectivity index (χ4v) is 8.70. The van der Waals surface area contributed by atoms with Gasteiger partial charge in [0.1, 0.15) is 11.2 Å². The van der Waals surface area contributed by atoms with Crippen LogP contribution in [0.1, 0.15) is 19.3 Å². The molecule has 2 saturated heterocycles. The van der Waals surface area contributed by atoms with Crippen LogP contribution in [-0.2, 0) is 14.3 Å². The van der Waals surface area contributed by atoms with Gasteiger partial charge in [0.25, 0.3) is 0 Å². The molecule has 2 amide bonds. The van der Waals surface area contributed by atoms with Gasteiger partial charge in [-0.1, -0.05) is 30.4 Å². The van der Waals surface area contributed by atoms with E-state index in [1.807, 2.05) is 30.3 Å². The first-order chi connectivity index (χ1) is 12.7. The number of fused-ring (bicyclic) bond motifs is 5. The lowest BCUT2D eigenvalue weighted by Gasteiger charge is -2.30. The van der Waals surface area contributed by atoms with Crippen LogP contribution in [0.2, 0.25) is 0 Å². The second-order valence-corrected chi connectivity index (χ2v) is 9.61. The first-order valence-corrected chi connectivity index (χ1v) is 9.98. The monoisotopic (exact) mass is 345 g/mol. The van der Waals surface area contributed by atoms with E-state index >= 15 is 0 Å². The zero-order valence-corrected chi connectivity index (χ0v) is 14.3. The molecule has 2 aliphatic heterocycles. The van der Waals surface area contributed by atoms with Crippen molar-refractivity contribution in [3.8, 4) is 0 Å². The van der Waals surface area contributed by atoms with Crippen molar-refractivity contribution >= 4 is 17.5 Å².